The Morgan fingerprint density at radius 3 is 2.53 bits per heavy atom. The molecular weight excluding hydrogens is 382 g/mol. The maximum atomic E-state index is 11.3. The summed E-state index contributed by atoms with van der Waals surface area (Å²) in [5.41, 5.74) is 3.03. The molecule has 0 bridgehead atoms. The van der Waals surface area contributed by atoms with Gasteiger partial charge in [0.1, 0.15) is 12.4 Å². The van der Waals surface area contributed by atoms with Crippen LogP contribution in [0, 0.1) is 17.0 Å². The average Bonchev–Trinajstić information content (AvgIpc) is 3.13. The van der Waals surface area contributed by atoms with Gasteiger partial charge in [0.05, 0.1) is 4.92 Å². The SMILES string of the molecule is CCN(CC)c1ccc(/C=C/c2onc(C)c2[N+](=O)[O-])c(OCc2ccccc2)c1. The highest BCUT2D eigenvalue weighted by molar-refractivity contribution is 5.75. The van der Waals surface area contributed by atoms with Crippen LogP contribution < -0.4 is 9.64 Å². The monoisotopic (exact) mass is 407 g/mol. The van der Waals surface area contributed by atoms with Gasteiger partial charge in [-0.2, -0.15) is 0 Å². The molecule has 0 aliphatic heterocycles. The Hall–Kier alpha value is -3.61. The van der Waals surface area contributed by atoms with Gasteiger partial charge >= 0.3 is 5.69 Å². The second-order valence-electron chi connectivity index (χ2n) is 6.74. The topological polar surface area (TPSA) is 81.6 Å². The number of nitrogens with zero attached hydrogens (tertiary/aromatic N) is 3. The average molecular weight is 407 g/mol. The minimum Gasteiger partial charge on any atom is -0.488 e. The summed E-state index contributed by atoms with van der Waals surface area (Å²) >= 11 is 0. The Morgan fingerprint density at radius 2 is 1.87 bits per heavy atom. The largest absolute Gasteiger partial charge is 0.488 e. The van der Waals surface area contributed by atoms with Gasteiger partial charge in [0, 0.05) is 30.4 Å². The molecule has 156 valence electrons. The summed E-state index contributed by atoms with van der Waals surface area (Å²) in [6.07, 6.45) is 3.30. The Kier molecular flexibility index (Phi) is 6.85. The summed E-state index contributed by atoms with van der Waals surface area (Å²) in [7, 11) is 0. The number of aryl methyl sites for hydroxylation is 1. The van der Waals surface area contributed by atoms with Crippen LogP contribution in [0.3, 0.4) is 0 Å². The van der Waals surface area contributed by atoms with Crippen LogP contribution in [-0.4, -0.2) is 23.2 Å². The van der Waals surface area contributed by atoms with Crippen LogP contribution in [0.25, 0.3) is 12.2 Å². The van der Waals surface area contributed by atoms with E-state index in [1.165, 1.54) is 0 Å². The number of rotatable bonds is 9. The van der Waals surface area contributed by atoms with Gasteiger partial charge in [-0.3, -0.25) is 10.1 Å². The van der Waals surface area contributed by atoms with Gasteiger partial charge in [0.15, 0.2) is 5.69 Å². The molecule has 0 spiro atoms. The Morgan fingerprint density at radius 1 is 1.13 bits per heavy atom. The lowest BCUT2D eigenvalue weighted by atomic mass is 10.1. The first-order valence-corrected chi connectivity index (χ1v) is 9.88. The van der Waals surface area contributed by atoms with E-state index in [0.717, 1.165) is 29.9 Å². The van der Waals surface area contributed by atoms with E-state index in [1.54, 1.807) is 19.1 Å². The van der Waals surface area contributed by atoms with Crippen molar-refractivity contribution >= 4 is 23.5 Å². The van der Waals surface area contributed by atoms with Gasteiger partial charge in [-0.1, -0.05) is 35.5 Å². The number of anilines is 1. The van der Waals surface area contributed by atoms with Crippen LogP contribution in [0.4, 0.5) is 11.4 Å². The molecular formula is C23H25N3O4. The highest BCUT2D eigenvalue weighted by atomic mass is 16.6. The van der Waals surface area contributed by atoms with Crippen LogP contribution in [-0.2, 0) is 6.61 Å². The molecule has 0 aliphatic carbocycles. The summed E-state index contributed by atoms with van der Waals surface area (Å²) in [6, 6.07) is 15.9. The van der Waals surface area contributed by atoms with Crippen LogP contribution in [0.5, 0.6) is 5.75 Å². The second-order valence-corrected chi connectivity index (χ2v) is 6.74. The van der Waals surface area contributed by atoms with Crippen LogP contribution in [0.15, 0.2) is 53.1 Å². The van der Waals surface area contributed by atoms with Crippen molar-refractivity contribution in [2.45, 2.75) is 27.4 Å². The van der Waals surface area contributed by atoms with E-state index in [4.69, 9.17) is 9.26 Å². The van der Waals surface area contributed by atoms with Crippen LogP contribution in [0.2, 0.25) is 0 Å². The third-order valence-corrected chi connectivity index (χ3v) is 4.82. The Balaban J connectivity index is 1.93. The molecule has 7 heteroatoms. The van der Waals surface area contributed by atoms with Crippen molar-refractivity contribution in [1.82, 2.24) is 5.16 Å². The molecule has 0 aliphatic rings. The van der Waals surface area contributed by atoms with E-state index < -0.39 is 4.92 Å². The molecule has 1 aromatic heterocycles. The number of nitro groups is 1. The molecule has 0 radical (unpaired) electrons. The van der Waals surface area contributed by atoms with Gasteiger partial charge in [-0.15, -0.1) is 0 Å². The fourth-order valence-corrected chi connectivity index (χ4v) is 3.19. The predicted molar refractivity (Wildman–Crippen MR) is 118 cm³/mol. The van der Waals surface area contributed by atoms with Crippen molar-refractivity contribution in [3.05, 3.63) is 81.2 Å². The maximum absolute atomic E-state index is 11.3. The van der Waals surface area contributed by atoms with Crippen LogP contribution in [0.1, 0.15) is 36.4 Å². The molecule has 0 amide bonds. The first-order valence-electron chi connectivity index (χ1n) is 9.88. The number of aromatic nitrogens is 1. The summed E-state index contributed by atoms with van der Waals surface area (Å²) in [6.45, 7) is 7.94. The Labute approximate surface area is 175 Å². The van der Waals surface area contributed by atoms with E-state index in [0.29, 0.717) is 12.4 Å². The van der Waals surface area contributed by atoms with E-state index in [2.05, 4.69) is 23.9 Å². The highest BCUT2D eigenvalue weighted by Gasteiger charge is 2.22. The van der Waals surface area contributed by atoms with E-state index in [-0.39, 0.29) is 17.1 Å². The van der Waals surface area contributed by atoms with Crippen molar-refractivity contribution in [2.75, 3.05) is 18.0 Å². The second kappa shape index (κ2) is 9.73. The molecule has 0 saturated heterocycles. The molecule has 0 N–H and O–H groups in total. The molecule has 0 atom stereocenters. The summed E-state index contributed by atoms with van der Waals surface area (Å²) in [4.78, 5) is 13.0. The van der Waals surface area contributed by atoms with Crippen molar-refractivity contribution < 1.29 is 14.2 Å². The third kappa shape index (κ3) is 4.86. The predicted octanol–water partition coefficient (Wildman–Crippen LogP) is 5.49. The molecule has 2 aromatic carbocycles. The van der Waals surface area contributed by atoms with Gasteiger partial charge < -0.3 is 14.2 Å². The molecule has 1 heterocycles. The zero-order valence-electron chi connectivity index (χ0n) is 17.4. The number of benzene rings is 2. The molecule has 0 unspecified atom stereocenters. The van der Waals surface area contributed by atoms with Crippen molar-refractivity contribution in [1.29, 1.82) is 0 Å². The van der Waals surface area contributed by atoms with Crippen molar-refractivity contribution in [2.24, 2.45) is 0 Å². The molecule has 3 aromatic rings. The third-order valence-electron chi connectivity index (χ3n) is 4.82. The molecule has 3 rings (SSSR count). The van der Waals surface area contributed by atoms with Gasteiger partial charge in [-0.25, -0.2) is 0 Å². The standard InChI is InChI=1S/C23H25N3O4/c1-4-25(5-2)20-13-11-19(12-14-21-23(26(27)28)17(3)24-30-21)22(15-20)29-16-18-9-7-6-8-10-18/h6-15H,4-5,16H2,1-3H3/b14-12+. The quantitative estimate of drug-likeness (QED) is 0.345. The van der Waals surface area contributed by atoms with Crippen molar-refractivity contribution in [3.63, 3.8) is 0 Å². The maximum Gasteiger partial charge on any atom is 0.338 e. The fraction of sp³-hybridized carbons (Fsp3) is 0.261. The van der Waals surface area contributed by atoms with Gasteiger partial charge in [0.25, 0.3) is 0 Å². The highest BCUT2D eigenvalue weighted by Crippen LogP contribution is 2.30. The smallest absolute Gasteiger partial charge is 0.338 e. The van der Waals surface area contributed by atoms with Crippen LogP contribution >= 0.6 is 0 Å². The molecule has 30 heavy (non-hydrogen) atoms. The lowest BCUT2D eigenvalue weighted by Crippen LogP contribution is -2.21. The van der Waals surface area contributed by atoms with Gasteiger partial charge in [-0.05, 0) is 50.6 Å². The zero-order valence-corrected chi connectivity index (χ0v) is 17.4. The number of hydrogen-bond donors (Lipinski definition) is 0. The fourth-order valence-electron chi connectivity index (χ4n) is 3.19. The van der Waals surface area contributed by atoms with E-state index in [1.807, 2.05) is 48.5 Å². The number of hydrogen-bond acceptors (Lipinski definition) is 6. The number of ether oxygens (including phenoxy) is 1. The zero-order chi connectivity index (χ0) is 21.5. The Bertz CT molecular complexity index is 1020. The van der Waals surface area contributed by atoms with Crippen molar-refractivity contribution in [3.8, 4) is 5.75 Å². The summed E-state index contributed by atoms with van der Waals surface area (Å²) < 4.78 is 11.2. The first kappa shape index (κ1) is 21.1. The first-order chi connectivity index (χ1) is 14.5. The minimum absolute atomic E-state index is 0.110. The molecule has 0 saturated carbocycles. The summed E-state index contributed by atoms with van der Waals surface area (Å²) in [5, 5.41) is 15.0. The van der Waals surface area contributed by atoms with Gasteiger partial charge in [0.2, 0.25) is 5.76 Å². The minimum atomic E-state index is -0.484. The normalized spacial score (nSPS) is 11.0. The van der Waals surface area contributed by atoms with E-state index in [9.17, 15) is 10.1 Å². The van der Waals surface area contributed by atoms with E-state index >= 15 is 0 Å². The molecule has 0 fully saturated rings. The molecule has 7 nitrogen and oxygen atoms in total. The summed E-state index contributed by atoms with van der Waals surface area (Å²) in [5.74, 6) is 0.803. The lowest BCUT2D eigenvalue weighted by molar-refractivity contribution is -0.386. The lowest BCUT2D eigenvalue weighted by Gasteiger charge is -2.22.